The molecule has 0 aromatic heterocycles. The highest BCUT2D eigenvalue weighted by molar-refractivity contribution is 6.43. The summed E-state index contributed by atoms with van der Waals surface area (Å²) in [7, 11) is 1.64. The van der Waals surface area contributed by atoms with Gasteiger partial charge < -0.3 is 9.47 Å². The highest BCUT2D eigenvalue weighted by atomic mass is 35.5. The lowest BCUT2D eigenvalue weighted by molar-refractivity contribution is 0.0688. The average Bonchev–Trinajstić information content (AvgIpc) is 2.82. The van der Waals surface area contributed by atoms with Gasteiger partial charge >= 0.3 is 0 Å². The van der Waals surface area contributed by atoms with Crippen LogP contribution in [0.4, 0.5) is 0 Å². The second-order valence-electron chi connectivity index (χ2n) is 7.86. The number of halogens is 2. The Morgan fingerprint density at radius 3 is 2.58 bits per heavy atom. The highest BCUT2D eigenvalue weighted by Gasteiger charge is 2.54. The van der Waals surface area contributed by atoms with Gasteiger partial charge in [0, 0.05) is 16.5 Å². The van der Waals surface area contributed by atoms with E-state index in [2.05, 4.69) is 20.8 Å². The van der Waals surface area contributed by atoms with E-state index in [1.165, 1.54) is 6.42 Å². The van der Waals surface area contributed by atoms with Crippen LogP contribution in [0.5, 0.6) is 11.5 Å². The molecule has 1 fully saturated rings. The van der Waals surface area contributed by atoms with Gasteiger partial charge in [-0.3, -0.25) is 4.79 Å². The van der Waals surface area contributed by atoms with Crippen molar-refractivity contribution < 1.29 is 14.3 Å². The third-order valence-electron chi connectivity index (χ3n) is 6.14. The Balaban J connectivity index is 2.27. The van der Waals surface area contributed by atoms with E-state index < -0.39 is 5.02 Å². The molecule has 0 bridgehead atoms. The zero-order valence-electron chi connectivity index (χ0n) is 14.6. The van der Waals surface area contributed by atoms with E-state index >= 15 is 0 Å². The Bertz CT molecular complexity index is 669. The third kappa shape index (κ3) is 2.61. The third-order valence-corrected chi connectivity index (χ3v) is 6.32. The number of aldehydes is 1. The lowest BCUT2D eigenvalue weighted by Gasteiger charge is -2.48. The quantitative estimate of drug-likeness (QED) is 0.533. The van der Waals surface area contributed by atoms with Crippen LogP contribution in [0.15, 0.2) is 6.07 Å². The average molecular weight is 371 g/mol. The number of carbonyl (C=O) groups excluding carboxylic acids is 1. The molecular weight excluding hydrogens is 347 g/mol. The van der Waals surface area contributed by atoms with Gasteiger partial charge in [0.1, 0.15) is 11.5 Å². The van der Waals surface area contributed by atoms with Crippen molar-refractivity contribution >= 4 is 29.5 Å². The molecule has 0 spiro atoms. The van der Waals surface area contributed by atoms with Crippen LogP contribution in [0.2, 0.25) is 0 Å². The molecule has 3 rings (SSSR count). The smallest absolute Gasteiger partial charge is 0.247 e. The molecule has 0 N–H and O–H groups in total. The van der Waals surface area contributed by atoms with Gasteiger partial charge in [0.15, 0.2) is 6.29 Å². The standard InChI is InChI=1S/C19H24Cl2O3/c1-18(2)6-5-7-19(3)14(18)9-12-13(23-4)8-11(10-22)16(15(12)19)24-17(20)21/h8,10,14,17H,5-7,9H2,1-4H3/t14-,19-/m0/s1. The van der Waals surface area contributed by atoms with Gasteiger partial charge in [-0.15, -0.1) is 0 Å². The number of hydrogen-bond donors (Lipinski definition) is 0. The van der Waals surface area contributed by atoms with Crippen LogP contribution in [-0.4, -0.2) is 18.4 Å². The minimum Gasteiger partial charge on any atom is -0.496 e. The number of alkyl halides is 2. The van der Waals surface area contributed by atoms with Gasteiger partial charge in [-0.1, -0.05) is 50.4 Å². The molecule has 5 heteroatoms. The van der Waals surface area contributed by atoms with Crippen LogP contribution in [0.3, 0.4) is 0 Å². The van der Waals surface area contributed by atoms with Gasteiger partial charge in [0.05, 0.1) is 12.7 Å². The van der Waals surface area contributed by atoms with Crippen LogP contribution in [0.1, 0.15) is 61.5 Å². The highest BCUT2D eigenvalue weighted by Crippen LogP contribution is 2.62. The Kier molecular flexibility index (Phi) is 4.55. The second-order valence-corrected chi connectivity index (χ2v) is 8.88. The van der Waals surface area contributed by atoms with E-state index in [9.17, 15) is 4.79 Å². The molecule has 2 aliphatic rings. The van der Waals surface area contributed by atoms with Crippen molar-refractivity contribution in [2.45, 2.75) is 56.9 Å². The summed E-state index contributed by atoms with van der Waals surface area (Å²) in [4.78, 5) is 11.6. The minimum atomic E-state index is -1.01. The molecule has 2 atom stereocenters. The van der Waals surface area contributed by atoms with Gasteiger partial charge in [-0.2, -0.15) is 0 Å². The summed E-state index contributed by atoms with van der Waals surface area (Å²) < 4.78 is 11.3. The zero-order chi connectivity index (χ0) is 17.7. The van der Waals surface area contributed by atoms with E-state index in [1.807, 2.05) is 0 Å². The molecule has 2 aliphatic carbocycles. The molecule has 0 heterocycles. The lowest BCUT2D eigenvalue weighted by Crippen LogP contribution is -2.42. The van der Waals surface area contributed by atoms with Gasteiger partial charge in [-0.25, -0.2) is 0 Å². The summed E-state index contributed by atoms with van der Waals surface area (Å²) in [6.45, 7) is 6.95. The number of benzene rings is 1. The van der Waals surface area contributed by atoms with E-state index in [4.69, 9.17) is 32.7 Å². The number of fused-ring (bicyclic) bond motifs is 3. The Morgan fingerprint density at radius 2 is 2.00 bits per heavy atom. The first-order chi connectivity index (χ1) is 11.2. The molecule has 0 amide bonds. The Hall–Kier alpha value is -0.930. The SMILES string of the molecule is COc1cc(C=O)c(OC(Cl)Cl)c2c1C[C@H]1C(C)(C)CCC[C@]21C. The van der Waals surface area contributed by atoms with Crippen LogP contribution in [0.25, 0.3) is 0 Å². The fourth-order valence-corrected chi connectivity index (χ4v) is 5.30. The zero-order valence-corrected chi connectivity index (χ0v) is 16.1. The lowest BCUT2D eigenvalue weighted by atomic mass is 9.57. The summed E-state index contributed by atoms with van der Waals surface area (Å²) >= 11 is 11.8. The van der Waals surface area contributed by atoms with Crippen LogP contribution in [0, 0.1) is 11.3 Å². The minimum absolute atomic E-state index is 0.0681. The number of methoxy groups -OCH3 is 1. The maximum Gasteiger partial charge on any atom is 0.247 e. The predicted molar refractivity (Wildman–Crippen MR) is 96.7 cm³/mol. The van der Waals surface area contributed by atoms with Crippen LogP contribution in [-0.2, 0) is 11.8 Å². The number of hydrogen-bond acceptors (Lipinski definition) is 3. The van der Waals surface area contributed by atoms with Crippen LogP contribution >= 0.6 is 23.2 Å². The topological polar surface area (TPSA) is 35.5 Å². The summed E-state index contributed by atoms with van der Waals surface area (Å²) in [5, 5.41) is -1.01. The van der Waals surface area contributed by atoms with Gasteiger partial charge in [-0.05, 0) is 36.7 Å². The molecule has 0 radical (unpaired) electrons. The molecule has 24 heavy (non-hydrogen) atoms. The van der Waals surface area contributed by atoms with Crippen molar-refractivity contribution in [2.75, 3.05) is 7.11 Å². The first-order valence-corrected chi connectivity index (χ1v) is 9.26. The normalized spacial score (nSPS) is 27.5. The monoisotopic (exact) mass is 370 g/mol. The van der Waals surface area contributed by atoms with E-state index in [1.54, 1.807) is 13.2 Å². The molecule has 132 valence electrons. The molecule has 1 aromatic carbocycles. The molecule has 1 aromatic rings. The van der Waals surface area contributed by atoms with Crippen molar-refractivity contribution in [1.29, 1.82) is 0 Å². The first-order valence-electron chi connectivity index (χ1n) is 8.39. The van der Waals surface area contributed by atoms with E-state index in [0.717, 1.165) is 42.4 Å². The van der Waals surface area contributed by atoms with Crippen molar-refractivity contribution in [1.82, 2.24) is 0 Å². The summed E-state index contributed by atoms with van der Waals surface area (Å²) in [5.41, 5.74) is 2.79. The van der Waals surface area contributed by atoms with E-state index in [0.29, 0.717) is 17.2 Å². The van der Waals surface area contributed by atoms with Crippen molar-refractivity contribution in [2.24, 2.45) is 11.3 Å². The number of ether oxygens (including phenoxy) is 2. The maximum atomic E-state index is 11.6. The maximum absolute atomic E-state index is 11.6. The summed E-state index contributed by atoms with van der Waals surface area (Å²) in [6.07, 6.45) is 5.13. The van der Waals surface area contributed by atoms with Crippen molar-refractivity contribution in [3.8, 4) is 11.5 Å². The first kappa shape index (κ1) is 17.9. The fraction of sp³-hybridized carbons (Fsp3) is 0.632. The van der Waals surface area contributed by atoms with E-state index in [-0.39, 0.29) is 10.8 Å². The Labute approximate surface area is 153 Å². The van der Waals surface area contributed by atoms with Crippen LogP contribution < -0.4 is 9.47 Å². The van der Waals surface area contributed by atoms with Gasteiger partial charge in [0.2, 0.25) is 5.02 Å². The molecule has 3 nitrogen and oxygen atoms in total. The summed E-state index contributed by atoms with van der Waals surface area (Å²) in [6, 6.07) is 1.74. The van der Waals surface area contributed by atoms with Gasteiger partial charge in [0.25, 0.3) is 0 Å². The molecule has 0 unspecified atom stereocenters. The second kappa shape index (κ2) is 6.10. The largest absolute Gasteiger partial charge is 0.496 e. The predicted octanol–water partition coefficient (Wildman–Crippen LogP) is 5.29. The van der Waals surface area contributed by atoms with Crippen molar-refractivity contribution in [3.63, 3.8) is 0 Å². The summed E-state index contributed by atoms with van der Waals surface area (Å²) in [5.74, 6) is 1.75. The van der Waals surface area contributed by atoms with Crippen molar-refractivity contribution in [3.05, 3.63) is 22.8 Å². The number of carbonyl (C=O) groups is 1. The Morgan fingerprint density at radius 1 is 1.29 bits per heavy atom. The molecule has 1 saturated carbocycles. The molecule has 0 aliphatic heterocycles. The molecular formula is C19H24Cl2O3. The molecule has 0 saturated heterocycles. The fourth-order valence-electron chi connectivity index (χ4n) is 5.12. The number of rotatable bonds is 4.